The van der Waals surface area contributed by atoms with E-state index in [1.807, 2.05) is 24.3 Å². The minimum atomic E-state index is -0.543. The van der Waals surface area contributed by atoms with E-state index in [9.17, 15) is 9.59 Å². The van der Waals surface area contributed by atoms with Gasteiger partial charge < -0.3 is 20.3 Å². The SMILES string of the molecule is CCc1ccc([C@@H]2NC(=O)NC(CN3CCN(c4cccc(C)c4C)CC3)=C2C(=O)OC)cc1. The summed E-state index contributed by atoms with van der Waals surface area (Å²) in [4.78, 5) is 30.1. The first kappa shape index (κ1) is 23.8. The largest absolute Gasteiger partial charge is 0.466 e. The lowest BCUT2D eigenvalue weighted by Crippen LogP contribution is -2.51. The van der Waals surface area contributed by atoms with Crippen LogP contribution in [0.4, 0.5) is 10.5 Å². The van der Waals surface area contributed by atoms with Crippen molar-refractivity contribution in [1.82, 2.24) is 15.5 Å². The summed E-state index contributed by atoms with van der Waals surface area (Å²) in [6, 6.07) is 13.6. The van der Waals surface area contributed by atoms with Crippen LogP contribution in [0.2, 0.25) is 0 Å². The zero-order chi connectivity index (χ0) is 24.2. The van der Waals surface area contributed by atoms with E-state index in [-0.39, 0.29) is 6.03 Å². The summed E-state index contributed by atoms with van der Waals surface area (Å²) in [6.45, 7) is 10.3. The maximum atomic E-state index is 12.8. The third-order valence-corrected chi connectivity index (χ3v) is 6.95. The van der Waals surface area contributed by atoms with Gasteiger partial charge in [-0.1, -0.05) is 43.3 Å². The van der Waals surface area contributed by atoms with Crippen molar-refractivity contribution in [3.05, 3.63) is 76.0 Å². The number of hydrogen-bond acceptors (Lipinski definition) is 5. The summed E-state index contributed by atoms with van der Waals surface area (Å²) in [5.74, 6) is -0.430. The molecule has 2 heterocycles. The van der Waals surface area contributed by atoms with Crippen molar-refractivity contribution in [2.75, 3.05) is 44.7 Å². The lowest BCUT2D eigenvalue weighted by Gasteiger charge is -2.38. The van der Waals surface area contributed by atoms with Gasteiger partial charge in [-0.2, -0.15) is 0 Å². The molecule has 2 aromatic rings. The highest BCUT2D eigenvalue weighted by molar-refractivity contribution is 5.95. The Morgan fingerprint density at radius 2 is 1.76 bits per heavy atom. The molecule has 34 heavy (non-hydrogen) atoms. The van der Waals surface area contributed by atoms with Crippen LogP contribution in [0, 0.1) is 13.8 Å². The molecule has 2 N–H and O–H groups in total. The number of anilines is 1. The van der Waals surface area contributed by atoms with Crippen molar-refractivity contribution in [3.8, 4) is 0 Å². The van der Waals surface area contributed by atoms with Gasteiger partial charge in [0.15, 0.2) is 0 Å². The van der Waals surface area contributed by atoms with Crippen LogP contribution in [0.25, 0.3) is 0 Å². The van der Waals surface area contributed by atoms with Crippen LogP contribution in [-0.2, 0) is 16.0 Å². The van der Waals surface area contributed by atoms with Crippen molar-refractivity contribution < 1.29 is 14.3 Å². The Hall–Kier alpha value is -3.32. The topological polar surface area (TPSA) is 73.9 Å². The molecule has 2 aliphatic heterocycles. The number of amides is 2. The van der Waals surface area contributed by atoms with Gasteiger partial charge in [-0.05, 0) is 48.6 Å². The van der Waals surface area contributed by atoms with Gasteiger partial charge in [0.1, 0.15) is 0 Å². The summed E-state index contributed by atoms with van der Waals surface area (Å²) >= 11 is 0. The van der Waals surface area contributed by atoms with Crippen LogP contribution in [0.15, 0.2) is 53.7 Å². The molecular weight excluding hydrogens is 428 g/mol. The number of hydrogen-bond donors (Lipinski definition) is 2. The standard InChI is InChI=1S/C27H34N4O3/c1-5-20-9-11-21(12-10-20)25-24(26(32)34-4)22(28-27(33)29-25)17-30-13-15-31(16-14-30)23-8-6-7-18(2)19(23)3/h6-12,25H,5,13-17H2,1-4H3,(H2,28,29,33)/t25-/m0/s1. The molecule has 0 aromatic heterocycles. The van der Waals surface area contributed by atoms with Gasteiger partial charge in [-0.25, -0.2) is 9.59 Å². The van der Waals surface area contributed by atoms with Gasteiger partial charge in [0.25, 0.3) is 0 Å². The van der Waals surface area contributed by atoms with Gasteiger partial charge in [0, 0.05) is 44.1 Å². The van der Waals surface area contributed by atoms with E-state index in [1.165, 1.54) is 29.5 Å². The van der Waals surface area contributed by atoms with Crippen LogP contribution in [0.1, 0.15) is 35.2 Å². The number of methoxy groups -OCH3 is 1. The molecule has 2 aromatic carbocycles. The molecule has 0 saturated carbocycles. The Balaban J connectivity index is 1.54. The summed E-state index contributed by atoms with van der Waals surface area (Å²) in [5, 5.41) is 5.79. The Labute approximate surface area is 201 Å². The van der Waals surface area contributed by atoms with Crippen molar-refractivity contribution in [1.29, 1.82) is 0 Å². The summed E-state index contributed by atoms with van der Waals surface area (Å²) in [6.07, 6.45) is 0.928. The van der Waals surface area contributed by atoms with Crippen molar-refractivity contribution in [2.24, 2.45) is 0 Å². The molecule has 2 aliphatic rings. The lowest BCUT2D eigenvalue weighted by molar-refractivity contribution is -0.136. The monoisotopic (exact) mass is 462 g/mol. The van der Waals surface area contributed by atoms with Crippen molar-refractivity contribution in [2.45, 2.75) is 33.2 Å². The number of rotatable bonds is 6. The molecule has 0 radical (unpaired) electrons. The Morgan fingerprint density at radius 3 is 2.41 bits per heavy atom. The number of nitrogens with one attached hydrogen (secondary N) is 2. The van der Waals surface area contributed by atoms with E-state index < -0.39 is 12.0 Å². The zero-order valence-corrected chi connectivity index (χ0v) is 20.5. The first-order valence-corrected chi connectivity index (χ1v) is 11.9. The molecular formula is C27H34N4O3. The van der Waals surface area contributed by atoms with Gasteiger partial charge in [-0.3, -0.25) is 4.90 Å². The molecule has 7 heteroatoms. The third kappa shape index (κ3) is 4.94. The molecule has 7 nitrogen and oxygen atoms in total. The quantitative estimate of drug-likeness (QED) is 0.643. The number of piperazine rings is 1. The fraction of sp³-hybridized carbons (Fsp3) is 0.407. The second-order valence-corrected chi connectivity index (χ2v) is 8.99. The third-order valence-electron chi connectivity index (χ3n) is 6.95. The molecule has 1 saturated heterocycles. The van der Waals surface area contributed by atoms with Gasteiger partial charge in [-0.15, -0.1) is 0 Å². The van der Waals surface area contributed by atoms with Crippen LogP contribution >= 0.6 is 0 Å². The first-order valence-electron chi connectivity index (χ1n) is 11.9. The van der Waals surface area contributed by atoms with Crippen molar-refractivity contribution in [3.63, 3.8) is 0 Å². The molecule has 0 aliphatic carbocycles. The molecule has 0 bridgehead atoms. The van der Waals surface area contributed by atoms with E-state index in [2.05, 4.69) is 59.4 Å². The van der Waals surface area contributed by atoms with Crippen LogP contribution in [0.5, 0.6) is 0 Å². The van der Waals surface area contributed by atoms with Gasteiger partial charge in [0.05, 0.1) is 18.7 Å². The predicted octanol–water partition coefficient (Wildman–Crippen LogP) is 3.47. The Morgan fingerprint density at radius 1 is 1.06 bits per heavy atom. The maximum absolute atomic E-state index is 12.8. The lowest BCUT2D eigenvalue weighted by atomic mass is 9.94. The zero-order valence-electron chi connectivity index (χ0n) is 20.5. The fourth-order valence-electron chi connectivity index (χ4n) is 4.74. The second-order valence-electron chi connectivity index (χ2n) is 8.99. The highest BCUT2D eigenvalue weighted by Crippen LogP contribution is 2.29. The average molecular weight is 463 g/mol. The average Bonchev–Trinajstić information content (AvgIpc) is 2.85. The number of carbonyl (C=O) groups excluding carboxylic acids is 2. The van der Waals surface area contributed by atoms with Crippen molar-refractivity contribution >= 4 is 17.7 Å². The second kappa shape index (κ2) is 10.3. The number of benzene rings is 2. The highest BCUT2D eigenvalue weighted by atomic mass is 16.5. The molecule has 1 fully saturated rings. The number of urea groups is 1. The predicted molar refractivity (Wildman–Crippen MR) is 134 cm³/mol. The summed E-state index contributed by atoms with van der Waals surface area (Å²) in [5.41, 5.74) is 7.03. The fourth-order valence-corrected chi connectivity index (χ4v) is 4.74. The van der Waals surface area contributed by atoms with Gasteiger partial charge in [0.2, 0.25) is 0 Å². The van der Waals surface area contributed by atoms with E-state index in [0.717, 1.165) is 38.2 Å². The molecule has 1 atom stereocenters. The number of aryl methyl sites for hydroxylation is 2. The summed E-state index contributed by atoms with van der Waals surface area (Å²) in [7, 11) is 1.38. The van der Waals surface area contributed by atoms with E-state index in [0.29, 0.717) is 17.8 Å². The number of ether oxygens (including phenoxy) is 1. The number of esters is 1. The molecule has 0 spiro atoms. The number of nitrogens with zero attached hydrogens (tertiary/aromatic N) is 2. The molecule has 2 amide bonds. The summed E-state index contributed by atoms with van der Waals surface area (Å²) < 4.78 is 5.13. The smallest absolute Gasteiger partial charge is 0.338 e. The van der Waals surface area contributed by atoms with E-state index in [1.54, 1.807) is 0 Å². The minimum Gasteiger partial charge on any atom is -0.466 e. The van der Waals surface area contributed by atoms with E-state index >= 15 is 0 Å². The maximum Gasteiger partial charge on any atom is 0.338 e. The van der Waals surface area contributed by atoms with E-state index in [4.69, 9.17) is 4.74 Å². The minimum absolute atomic E-state index is 0.304. The number of carbonyl (C=O) groups is 2. The van der Waals surface area contributed by atoms with Gasteiger partial charge >= 0.3 is 12.0 Å². The Kier molecular flexibility index (Phi) is 7.22. The first-order chi connectivity index (χ1) is 16.4. The van der Waals surface area contributed by atoms with Crippen LogP contribution in [-0.4, -0.2) is 56.7 Å². The normalized spacial score (nSPS) is 19.0. The van der Waals surface area contributed by atoms with Crippen LogP contribution in [0.3, 0.4) is 0 Å². The molecule has 4 rings (SSSR count). The van der Waals surface area contributed by atoms with Crippen LogP contribution < -0.4 is 15.5 Å². The highest BCUT2D eigenvalue weighted by Gasteiger charge is 2.34. The molecule has 180 valence electrons. The molecule has 0 unspecified atom stereocenters. The Bertz CT molecular complexity index is 1090.